The van der Waals surface area contributed by atoms with Crippen LogP contribution in [-0.4, -0.2) is 10.7 Å². The predicted octanol–water partition coefficient (Wildman–Crippen LogP) is 17.0. The van der Waals surface area contributed by atoms with Crippen LogP contribution in [0, 0.1) is 0 Å². The lowest BCUT2D eigenvalue weighted by Gasteiger charge is -2.28. The largest absolute Gasteiger partial charge is 0.484 e. The number of anilines is 3. The molecule has 0 bridgehead atoms. The maximum atomic E-state index is 6.59. The Hall–Kier alpha value is -8.66. The smallest absolute Gasteiger partial charge is 0.132 e. The molecule has 0 fully saturated rings. The Morgan fingerprint density at radius 3 is 1.63 bits per heavy atom. The van der Waals surface area contributed by atoms with Crippen LogP contribution >= 0.6 is 0 Å². The van der Waals surface area contributed by atoms with Gasteiger partial charge >= 0.3 is 0 Å². The summed E-state index contributed by atoms with van der Waals surface area (Å²) in [5, 5.41) is 4.97. The molecule has 67 heavy (non-hydrogen) atoms. The molecule has 3 heteroatoms. The first-order chi connectivity index (χ1) is 33.2. The van der Waals surface area contributed by atoms with E-state index in [1.165, 1.54) is 71.6 Å². The second kappa shape index (κ2) is 16.1. The van der Waals surface area contributed by atoms with Gasteiger partial charge in [-0.2, -0.15) is 0 Å². The van der Waals surface area contributed by atoms with Gasteiger partial charge in [0.25, 0.3) is 0 Å². The van der Waals surface area contributed by atoms with Crippen LogP contribution < -0.4 is 9.64 Å². The van der Waals surface area contributed by atoms with Crippen LogP contribution in [0.3, 0.4) is 0 Å². The van der Waals surface area contributed by atoms with Crippen molar-refractivity contribution in [2.75, 3.05) is 4.90 Å². The van der Waals surface area contributed by atoms with Crippen LogP contribution in [0.5, 0.6) is 5.75 Å². The van der Waals surface area contributed by atoms with Crippen LogP contribution in [0.15, 0.2) is 255 Å². The van der Waals surface area contributed by atoms with Crippen molar-refractivity contribution in [1.82, 2.24) is 4.57 Å². The zero-order valence-corrected chi connectivity index (χ0v) is 36.7. The van der Waals surface area contributed by atoms with Crippen LogP contribution in [0.1, 0.15) is 11.5 Å². The van der Waals surface area contributed by atoms with Gasteiger partial charge in [0.1, 0.15) is 11.9 Å². The van der Waals surface area contributed by atoms with Gasteiger partial charge in [-0.15, -0.1) is 0 Å². The number of hydrogen-bond donors (Lipinski definition) is 0. The predicted molar refractivity (Wildman–Crippen MR) is 280 cm³/mol. The van der Waals surface area contributed by atoms with E-state index >= 15 is 0 Å². The molecular weight excluding hydrogens is 813 g/mol. The average Bonchev–Trinajstić information content (AvgIpc) is 3.95. The van der Waals surface area contributed by atoms with E-state index < -0.39 is 0 Å². The van der Waals surface area contributed by atoms with Crippen molar-refractivity contribution >= 4 is 49.6 Å². The number of aromatic nitrogens is 1. The summed E-state index contributed by atoms with van der Waals surface area (Å²) < 4.78 is 9.00. The molecule has 1 aliphatic heterocycles. The first-order valence-electron chi connectivity index (χ1n) is 23.2. The van der Waals surface area contributed by atoms with Gasteiger partial charge in [0, 0.05) is 50.3 Å². The molecule has 13 rings (SSSR count). The number of allylic oxidation sites excluding steroid dienone is 2. The highest BCUT2D eigenvalue weighted by Crippen LogP contribution is 2.48. The molecule has 2 atom stereocenters. The van der Waals surface area contributed by atoms with Gasteiger partial charge in [-0.05, 0) is 93.2 Å². The number of ether oxygens (including phenoxy) is 1. The van der Waals surface area contributed by atoms with Gasteiger partial charge in [0.15, 0.2) is 0 Å². The average molecular weight is 857 g/mol. The second-order valence-corrected chi connectivity index (χ2v) is 17.5. The number of benzene rings is 10. The third-order valence-corrected chi connectivity index (χ3v) is 13.8. The highest BCUT2D eigenvalue weighted by molar-refractivity contribution is 6.10. The fourth-order valence-electron chi connectivity index (χ4n) is 10.6. The van der Waals surface area contributed by atoms with Crippen LogP contribution in [0.4, 0.5) is 17.1 Å². The van der Waals surface area contributed by atoms with Crippen molar-refractivity contribution in [3.63, 3.8) is 0 Å². The highest BCUT2D eigenvalue weighted by atomic mass is 16.5. The highest BCUT2D eigenvalue weighted by Gasteiger charge is 2.33. The number of rotatable bonds is 8. The first kappa shape index (κ1) is 38.8. The Labute approximate surface area is 390 Å². The summed E-state index contributed by atoms with van der Waals surface area (Å²) in [4.78, 5) is 2.40. The van der Waals surface area contributed by atoms with E-state index in [9.17, 15) is 0 Å². The van der Waals surface area contributed by atoms with Gasteiger partial charge < -0.3 is 14.2 Å². The molecule has 2 heterocycles. The normalized spacial score (nSPS) is 14.9. The van der Waals surface area contributed by atoms with E-state index in [1.54, 1.807) is 0 Å². The summed E-state index contributed by atoms with van der Waals surface area (Å²) >= 11 is 0. The molecule has 11 aromatic rings. The second-order valence-electron chi connectivity index (χ2n) is 17.5. The maximum Gasteiger partial charge on any atom is 0.132 e. The lowest BCUT2D eigenvalue weighted by molar-refractivity contribution is 0.270. The van der Waals surface area contributed by atoms with E-state index in [-0.39, 0.29) is 12.0 Å². The molecule has 2 aliphatic rings. The molecule has 0 amide bonds. The van der Waals surface area contributed by atoms with Crippen molar-refractivity contribution in [2.24, 2.45) is 0 Å². The van der Waals surface area contributed by atoms with E-state index in [0.29, 0.717) is 0 Å². The molecule has 1 aliphatic carbocycles. The van der Waals surface area contributed by atoms with Gasteiger partial charge in [0.05, 0.1) is 22.4 Å². The minimum Gasteiger partial charge on any atom is -0.484 e. The molecule has 0 spiro atoms. The molecule has 0 saturated heterocycles. The number of fused-ring (bicyclic) bond motifs is 7. The SMILES string of the molecule is C1=CC2Oc3c(-c4ccc(N(c5ccc(-c6ccc(-c7ccccc7-n7c8ccccc8c8ccccc87)cc6)cc5)c5ccccc5-c5cccc6ccccc56)cc4)cccc3C2C=C1. The Morgan fingerprint density at radius 2 is 0.881 bits per heavy atom. The minimum absolute atomic E-state index is 0.0383. The van der Waals surface area contributed by atoms with Crippen molar-refractivity contribution in [3.8, 4) is 55.9 Å². The van der Waals surface area contributed by atoms with Gasteiger partial charge in [-0.25, -0.2) is 0 Å². The van der Waals surface area contributed by atoms with Crippen LogP contribution in [0.25, 0.3) is 82.8 Å². The summed E-state index contributed by atoms with van der Waals surface area (Å²) in [6.45, 7) is 0. The van der Waals surface area contributed by atoms with Crippen LogP contribution in [-0.2, 0) is 0 Å². The molecule has 0 N–H and O–H groups in total. The minimum atomic E-state index is 0.0383. The fourth-order valence-corrected chi connectivity index (χ4v) is 10.6. The molecule has 10 aromatic carbocycles. The molecule has 316 valence electrons. The van der Waals surface area contributed by atoms with Crippen LogP contribution in [0.2, 0.25) is 0 Å². The zero-order valence-electron chi connectivity index (χ0n) is 36.7. The van der Waals surface area contributed by atoms with E-state index in [1.807, 2.05) is 0 Å². The third-order valence-electron chi connectivity index (χ3n) is 13.8. The molecule has 1 aromatic heterocycles. The summed E-state index contributed by atoms with van der Waals surface area (Å²) in [6.07, 6.45) is 8.67. The number of para-hydroxylation sites is 5. The number of nitrogens with zero attached hydrogens (tertiary/aromatic N) is 2. The quantitative estimate of drug-likeness (QED) is 0.151. The topological polar surface area (TPSA) is 17.4 Å². The van der Waals surface area contributed by atoms with Crippen molar-refractivity contribution in [3.05, 3.63) is 260 Å². The fraction of sp³-hybridized carbons (Fsp3) is 0.0312. The summed E-state index contributed by atoms with van der Waals surface area (Å²) in [6, 6.07) is 83.8. The maximum absolute atomic E-state index is 6.59. The van der Waals surface area contributed by atoms with Crippen molar-refractivity contribution in [1.29, 1.82) is 0 Å². The Kier molecular flexibility index (Phi) is 9.31. The Morgan fingerprint density at radius 1 is 0.373 bits per heavy atom. The standard InChI is InChI=1S/C64H44N2O/c1-2-17-50-45(15-1)16-13-24-53(50)54-19-4-9-27-60(54)65(49-41-37-47(38-42-49)52-23-14-25-58-57-22-7-12-30-63(57)67-64(52)58)48-39-35-44(36-40-48)43-31-33-46(34-32-43)51-18-3-8-26-59(51)66-61-28-10-5-20-55(61)56-21-6-11-29-62(56)66/h1-42,57,63H. The third kappa shape index (κ3) is 6.58. The zero-order chi connectivity index (χ0) is 44.3. The van der Waals surface area contributed by atoms with E-state index in [0.717, 1.165) is 39.5 Å². The molecule has 0 radical (unpaired) electrons. The van der Waals surface area contributed by atoms with E-state index in [2.05, 4.69) is 264 Å². The van der Waals surface area contributed by atoms with Crippen molar-refractivity contribution < 1.29 is 4.74 Å². The Balaban J connectivity index is 0.874. The Bertz CT molecular complexity index is 3670. The number of hydrogen-bond acceptors (Lipinski definition) is 2. The molecule has 2 unspecified atom stereocenters. The lowest BCUT2D eigenvalue weighted by Crippen LogP contribution is -2.15. The molecule has 3 nitrogen and oxygen atoms in total. The summed E-state index contributed by atoms with van der Waals surface area (Å²) in [5.74, 6) is 1.23. The van der Waals surface area contributed by atoms with Gasteiger partial charge in [-0.1, -0.05) is 200 Å². The summed E-state index contributed by atoms with van der Waals surface area (Å²) in [5.41, 5.74) is 17.4. The molecule has 0 saturated carbocycles. The lowest BCUT2D eigenvalue weighted by atomic mass is 9.90. The van der Waals surface area contributed by atoms with Gasteiger partial charge in [0.2, 0.25) is 0 Å². The molecular formula is C64H44N2O. The first-order valence-corrected chi connectivity index (χ1v) is 23.2. The van der Waals surface area contributed by atoms with Gasteiger partial charge in [-0.3, -0.25) is 0 Å². The monoisotopic (exact) mass is 856 g/mol. The van der Waals surface area contributed by atoms with E-state index in [4.69, 9.17) is 4.74 Å². The summed E-state index contributed by atoms with van der Waals surface area (Å²) in [7, 11) is 0. The van der Waals surface area contributed by atoms with Crippen molar-refractivity contribution in [2.45, 2.75) is 12.0 Å².